The average molecular weight is 407 g/mol. The second-order valence-electron chi connectivity index (χ2n) is 7.87. The maximum atomic E-state index is 11.1. The molecule has 1 aliphatic rings. The number of carboxylic acids is 1. The van der Waals surface area contributed by atoms with E-state index in [1.165, 1.54) is 5.56 Å². The molecule has 0 bridgehead atoms. The van der Waals surface area contributed by atoms with Crippen molar-refractivity contribution in [2.75, 3.05) is 0 Å². The predicted octanol–water partition coefficient (Wildman–Crippen LogP) is 4.12. The molecular formula is C24H17N5O2. The van der Waals surface area contributed by atoms with E-state index >= 15 is 0 Å². The number of nitrogens with zero attached hydrogens (tertiary/aromatic N) is 5. The van der Waals surface area contributed by atoms with Crippen molar-refractivity contribution in [1.82, 2.24) is 24.6 Å². The molecule has 7 heteroatoms. The third-order valence-electron chi connectivity index (χ3n) is 6.05. The zero-order valence-corrected chi connectivity index (χ0v) is 16.4. The minimum Gasteiger partial charge on any atom is -0.478 e. The van der Waals surface area contributed by atoms with Crippen LogP contribution in [0, 0.1) is 0 Å². The third kappa shape index (κ3) is 2.78. The van der Waals surface area contributed by atoms with E-state index in [1.807, 2.05) is 16.8 Å². The molecule has 0 unspecified atom stereocenters. The Labute approximate surface area is 177 Å². The van der Waals surface area contributed by atoms with E-state index in [9.17, 15) is 4.79 Å². The first-order valence-electron chi connectivity index (χ1n) is 10.0. The molecule has 1 N–H and O–H groups in total. The van der Waals surface area contributed by atoms with Gasteiger partial charge >= 0.3 is 5.97 Å². The Kier molecular flexibility index (Phi) is 3.67. The van der Waals surface area contributed by atoms with Gasteiger partial charge in [0, 0.05) is 22.6 Å². The minimum absolute atomic E-state index is 0.135. The Balaban J connectivity index is 1.45. The van der Waals surface area contributed by atoms with Crippen molar-refractivity contribution >= 4 is 22.6 Å². The van der Waals surface area contributed by atoms with E-state index < -0.39 is 5.97 Å². The molecular weight excluding hydrogens is 390 g/mol. The summed E-state index contributed by atoms with van der Waals surface area (Å²) in [5.41, 5.74) is 4.80. The van der Waals surface area contributed by atoms with Gasteiger partial charge in [-0.3, -0.25) is 4.98 Å². The maximum Gasteiger partial charge on any atom is 0.335 e. The van der Waals surface area contributed by atoms with E-state index in [2.05, 4.69) is 39.2 Å². The van der Waals surface area contributed by atoms with E-state index in [1.54, 1.807) is 36.7 Å². The first kappa shape index (κ1) is 17.7. The van der Waals surface area contributed by atoms with Gasteiger partial charge in [-0.15, -0.1) is 0 Å². The average Bonchev–Trinajstić information content (AvgIpc) is 3.51. The Morgan fingerprint density at radius 1 is 0.968 bits per heavy atom. The van der Waals surface area contributed by atoms with Crippen molar-refractivity contribution in [3.8, 4) is 11.3 Å². The first-order chi connectivity index (χ1) is 15.1. The molecule has 0 radical (unpaired) electrons. The van der Waals surface area contributed by atoms with Crippen LogP contribution in [-0.2, 0) is 5.41 Å². The van der Waals surface area contributed by atoms with Gasteiger partial charge in [0.25, 0.3) is 5.78 Å². The Morgan fingerprint density at radius 2 is 1.77 bits per heavy atom. The standard InChI is InChI=1S/C24H17N5O2/c30-22(31)16-5-3-15(4-6-16)20-13-26-23-27-14-21(29(23)28-20)24(9-10-24)18-7-8-19-17(12-18)2-1-11-25-19/h1-8,11-14H,9-10H2,(H,30,31). The summed E-state index contributed by atoms with van der Waals surface area (Å²) in [5.74, 6) is -0.402. The van der Waals surface area contributed by atoms with Crippen LogP contribution in [0.2, 0.25) is 0 Å². The first-order valence-corrected chi connectivity index (χ1v) is 10.0. The fourth-order valence-corrected chi connectivity index (χ4v) is 4.21. The molecule has 0 amide bonds. The minimum atomic E-state index is -0.953. The fourth-order valence-electron chi connectivity index (χ4n) is 4.21. The van der Waals surface area contributed by atoms with Crippen LogP contribution in [0.25, 0.3) is 27.9 Å². The molecule has 0 atom stereocenters. The molecule has 6 rings (SSSR count). The molecule has 3 heterocycles. The maximum absolute atomic E-state index is 11.1. The summed E-state index contributed by atoms with van der Waals surface area (Å²) in [4.78, 5) is 24.5. The summed E-state index contributed by atoms with van der Waals surface area (Å²) in [6.45, 7) is 0. The lowest BCUT2D eigenvalue weighted by Gasteiger charge is -2.16. The number of aromatic nitrogens is 5. The molecule has 5 aromatic rings. The number of carbonyl (C=O) groups is 1. The zero-order chi connectivity index (χ0) is 21.0. The van der Waals surface area contributed by atoms with Crippen LogP contribution in [0.3, 0.4) is 0 Å². The van der Waals surface area contributed by atoms with Crippen molar-refractivity contribution in [3.63, 3.8) is 0 Å². The summed E-state index contributed by atoms with van der Waals surface area (Å²) in [6, 6.07) is 17.1. The number of rotatable bonds is 4. The summed E-state index contributed by atoms with van der Waals surface area (Å²) in [6.07, 6.45) is 7.38. The number of imidazole rings is 1. The Bertz CT molecular complexity index is 1470. The number of aromatic carboxylic acids is 1. The molecule has 0 spiro atoms. The van der Waals surface area contributed by atoms with E-state index in [0.717, 1.165) is 35.0 Å². The quantitative estimate of drug-likeness (QED) is 0.482. The van der Waals surface area contributed by atoms with Crippen LogP contribution >= 0.6 is 0 Å². The molecule has 3 aromatic heterocycles. The van der Waals surface area contributed by atoms with Gasteiger partial charge in [-0.25, -0.2) is 14.8 Å². The predicted molar refractivity (Wildman–Crippen MR) is 115 cm³/mol. The smallest absolute Gasteiger partial charge is 0.335 e. The molecule has 31 heavy (non-hydrogen) atoms. The van der Waals surface area contributed by atoms with Crippen molar-refractivity contribution < 1.29 is 9.90 Å². The largest absolute Gasteiger partial charge is 0.478 e. The highest BCUT2D eigenvalue weighted by atomic mass is 16.4. The van der Waals surface area contributed by atoms with Gasteiger partial charge in [-0.2, -0.15) is 9.61 Å². The topological polar surface area (TPSA) is 93.3 Å². The number of hydrogen-bond acceptors (Lipinski definition) is 5. The van der Waals surface area contributed by atoms with Crippen molar-refractivity contribution in [3.05, 3.63) is 90.0 Å². The number of benzene rings is 2. The Morgan fingerprint density at radius 3 is 2.55 bits per heavy atom. The monoisotopic (exact) mass is 407 g/mol. The van der Waals surface area contributed by atoms with Gasteiger partial charge < -0.3 is 5.11 Å². The van der Waals surface area contributed by atoms with E-state index in [-0.39, 0.29) is 11.0 Å². The molecule has 2 aromatic carbocycles. The third-order valence-corrected chi connectivity index (χ3v) is 6.05. The second-order valence-corrected chi connectivity index (χ2v) is 7.87. The van der Waals surface area contributed by atoms with Crippen LogP contribution in [0.1, 0.15) is 34.5 Å². The van der Waals surface area contributed by atoms with Crippen LogP contribution in [-0.4, -0.2) is 35.6 Å². The Hall–Kier alpha value is -4.13. The molecule has 1 saturated carbocycles. The lowest BCUT2D eigenvalue weighted by atomic mass is 9.91. The summed E-state index contributed by atoms with van der Waals surface area (Å²) in [5, 5.41) is 15.0. The van der Waals surface area contributed by atoms with Crippen LogP contribution in [0.15, 0.2) is 73.2 Å². The number of carboxylic acid groups (broad SMARTS) is 1. The van der Waals surface area contributed by atoms with Crippen LogP contribution < -0.4 is 0 Å². The molecule has 7 nitrogen and oxygen atoms in total. The van der Waals surface area contributed by atoms with Crippen molar-refractivity contribution in [2.45, 2.75) is 18.3 Å². The molecule has 1 fully saturated rings. The molecule has 150 valence electrons. The lowest BCUT2D eigenvalue weighted by Crippen LogP contribution is -2.14. The highest BCUT2D eigenvalue weighted by Gasteiger charge is 2.48. The van der Waals surface area contributed by atoms with Gasteiger partial charge in [-0.05, 0) is 48.7 Å². The number of hydrogen-bond donors (Lipinski definition) is 1. The fraction of sp³-hybridized carbons (Fsp3) is 0.125. The van der Waals surface area contributed by atoms with Crippen molar-refractivity contribution in [1.29, 1.82) is 0 Å². The van der Waals surface area contributed by atoms with Gasteiger partial charge in [0.15, 0.2) is 0 Å². The van der Waals surface area contributed by atoms with E-state index in [0.29, 0.717) is 11.5 Å². The summed E-state index contributed by atoms with van der Waals surface area (Å²) >= 11 is 0. The lowest BCUT2D eigenvalue weighted by molar-refractivity contribution is 0.0697. The van der Waals surface area contributed by atoms with Gasteiger partial charge in [-0.1, -0.05) is 24.3 Å². The highest BCUT2D eigenvalue weighted by molar-refractivity contribution is 5.88. The van der Waals surface area contributed by atoms with E-state index in [4.69, 9.17) is 10.2 Å². The normalized spacial score (nSPS) is 14.7. The van der Waals surface area contributed by atoms with Gasteiger partial charge in [0.05, 0.1) is 29.2 Å². The summed E-state index contributed by atoms with van der Waals surface area (Å²) in [7, 11) is 0. The van der Waals surface area contributed by atoms with Gasteiger partial charge in [0.2, 0.25) is 0 Å². The van der Waals surface area contributed by atoms with Crippen LogP contribution in [0.4, 0.5) is 0 Å². The molecule has 1 aliphatic carbocycles. The number of pyridine rings is 1. The highest BCUT2D eigenvalue weighted by Crippen LogP contribution is 2.53. The summed E-state index contributed by atoms with van der Waals surface area (Å²) < 4.78 is 1.82. The second kappa shape index (κ2) is 6.43. The SMILES string of the molecule is O=C(O)c1ccc(-c2cnc3ncc(C4(c5ccc6ncccc6c5)CC4)n3n2)cc1. The zero-order valence-electron chi connectivity index (χ0n) is 16.4. The molecule has 0 aliphatic heterocycles. The van der Waals surface area contributed by atoms with Gasteiger partial charge in [0.1, 0.15) is 5.69 Å². The number of fused-ring (bicyclic) bond motifs is 2. The van der Waals surface area contributed by atoms with Crippen LogP contribution in [0.5, 0.6) is 0 Å². The molecule has 0 saturated heterocycles. The van der Waals surface area contributed by atoms with Crippen molar-refractivity contribution in [2.24, 2.45) is 0 Å².